The Morgan fingerprint density at radius 1 is 0.750 bits per heavy atom. The minimum absolute atomic E-state index is 0.0884. The van der Waals surface area contributed by atoms with Crippen molar-refractivity contribution in [1.82, 2.24) is 0 Å². The summed E-state index contributed by atoms with van der Waals surface area (Å²) in [5.41, 5.74) is -3.87. The quantitative estimate of drug-likeness (QED) is 0.200. The van der Waals surface area contributed by atoms with Crippen molar-refractivity contribution >= 4 is 47.4 Å². The van der Waals surface area contributed by atoms with Gasteiger partial charge in [0.15, 0.2) is 21.4 Å². The number of carboxylic acid groups (broad SMARTS) is 2. The molecule has 0 spiro atoms. The van der Waals surface area contributed by atoms with Gasteiger partial charge in [0.05, 0.1) is 12.8 Å². The summed E-state index contributed by atoms with van der Waals surface area (Å²) >= 11 is 6.89. The van der Waals surface area contributed by atoms with E-state index in [4.69, 9.17) is 10.2 Å². The van der Waals surface area contributed by atoms with Crippen LogP contribution in [-0.4, -0.2) is 53.8 Å². The number of carboxylic acids is 2. The van der Waals surface area contributed by atoms with E-state index in [-0.39, 0.29) is 12.8 Å². The molecule has 0 aromatic heterocycles. The summed E-state index contributed by atoms with van der Waals surface area (Å²) in [6.07, 6.45) is 1.99. The Bertz CT molecular complexity index is 468. The van der Waals surface area contributed by atoms with Crippen LogP contribution >= 0.6 is 25.3 Å². The fourth-order valence-corrected chi connectivity index (χ4v) is 2.50. The second kappa shape index (κ2) is 16.6. The van der Waals surface area contributed by atoms with Gasteiger partial charge < -0.3 is 20.4 Å². The normalized spacial score (nSPS) is 14.1. The molecule has 0 bridgehead atoms. The molecule has 0 saturated heterocycles. The Hall–Kier alpha value is -1.36. The molecule has 0 aliphatic heterocycles. The van der Waals surface area contributed by atoms with E-state index >= 15 is 0 Å². The molecule has 2 atom stereocenters. The smallest absolute Gasteiger partial charge is 0.336 e. The monoisotopic (exact) mass is 440 g/mol. The summed E-state index contributed by atoms with van der Waals surface area (Å²) in [5, 5.41) is 35.2. The third-order valence-corrected chi connectivity index (χ3v) is 3.89. The van der Waals surface area contributed by atoms with Gasteiger partial charge in [0.2, 0.25) is 0 Å². The van der Waals surface area contributed by atoms with Gasteiger partial charge >= 0.3 is 11.9 Å². The highest BCUT2D eigenvalue weighted by Crippen LogP contribution is 2.21. The van der Waals surface area contributed by atoms with E-state index in [0.29, 0.717) is 12.8 Å². The number of aliphatic carboxylic acids is 2. The number of carbonyl (C=O) groups excluding carboxylic acids is 2. The van der Waals surface area contributed by atoms with Gasteiger partial charge in [0, 0.05) is 0 Å². The average Bonchev–Trinajstić information content (AvgIpc) is 2.59. The zero-order chi connectivity index (χ0) is 23.0. The maximum absolute atomic E-state index is 10.6. The molecule has 8 nitrogen and oxygen atoms in total. The zero-order valence-electron chi connectivity index (χ0n) is 16.4. The van der Waals surface area contributed by atoms with E-state index in [1.54, 1.807) is 0 Å². The van der Waals surface area contributed by atoms with E-state index in [0.717, 1.165) is 12.8 Å². The number of carbonyl (C=O) groups is 4. The third kappa shape index (κ3) is 14.7. The molecule has 2 unspecified atom stereocenters. The van der Waals surface area contributed by atoms with Gasteiger partial charge in [-0.25, -0.2) is 9.59 Å². The lowest BCUT2D eigenvalue weighted by Crippen LogP contribution is -2.39. The molecule has 0 amide bonds. The molecule has 0 aliphatic rings. The summed E-state index contributed by atoms with van der Waals surface area (Å²) in [4.78, 5) is 42.4. The Morgan fingerprint density at radius 2 is 1.00 bits per heavy atom. The van der Waals surface area contributed by atoms with Crippen LogP contribution in [-0.2, 0) is 19.2 Å². The van der Waals surface area contributed by atoms with E-state index in [1.807, 2.05) is 13.8 Å². The van der Waals surface area contributed by atoms with E-state index < -0.39 is 46.2 Å². The van der Waals surface area contributed by atoms with E-state index in [2.05, 4.69) is 38.4 Å². The van der Waals surface area contributed by atoms with Gasteiger partial charge in [-0.1, -0.05) is 39.5 Å². The molecule has 10 heteroatoms. The summed E-state index contributed by atoms with van der Waals surface area (Å²) < 4.78 is 0. The fraction of sp³-hybridized carbons (Fsp3) is 0.667. The zero-order valence-corrected chi connectivity index (χ0v) is 18.2. The molecule has 0 radical (unpaired) electrons. The van der Waals surface area contributed by atoms with Gasteiger partial charge in [-0.05, 0) is 12.8 Å². The van der Waals surface area contributed by atoms with Crippen LogP contribution in [0.1, 0.15) is 65.2 Å². The van der Waals surface area contributed by atoms with Crippen molar-refractivity contribution in [2.75, 3.05) is 0 Å². The highest BCUT2D eigenvalue weighted by atomic mass is 32.1. The van der Waals surface area contributed by atoms with Gasteiger partial charge in [-0.15, -0.1) is 38.4 Å². The van der Waals surface area contributed by atoms with Crippen molar-refractivity contribution in [3.8, 4) is 0 Å². The van der Waals surface area contributed by atoms with Crippen LogP contribution < -0.4 is 0 Å². The van der Waals surface area contributed by atoms with Gasteiger partial charge in [0.25, 0.3) is 0 Å². The minimum Gasteiger partial charge on any atom is -0.479 e. The highest BCUT2D eigenvalue weighted by Gasteiger charge is 2.37. The van der Waals surface area contributed by atoms with Crippen molar-refractivity contribution in [2.45, 2.75) is 76.4 Å². The second-order valence-electron chi connectivity index (χ2n) is 6.02. The molecule has 4 N–H and O–H groups in total. The summed E-state index contributed by atoms with van der Waals surface area (Å²) in [6.45, 7) is 9.76. The number of hydrogen-bond acceptors (Lipinski definition) is 6. The van der Waals surface area contributed by atoms with Crippen molar-refractivity contribution in [1.29, 1.82) is 0 Å². The number of unbranched alkanes of at least 4 members (excludes halogenated alkanes) is 2. The van der Waals surface area contributed by atoms with Crippen LogP contribution in [0.5, 0.6) is 0 Å². The second-order valence-corrected chi connectivity index (χ2v) is 7.02. The molecule has 0 rings (SSSR count). The van der Waals surface area contributed by atoms with Crippen LogP contribution in [0.3, 0.4) is 0 Å². The summed E-state index contributed by atoms with van der Waals surface area (Å²) in [7, 11) is 0. The van der Waals surface area contributed by atoms with Crippen molar-refractivity contribution in [3.63, 3.8) is 0 Å². The van der Waals surface area contributed by atoms with Crippen LogP contribution in [0, 0.1) is 0 Å². The predicted octanol–water partition coefficient (Wildman–Crippen LogP) is 2.48. The Morgan fingerprint density at radius 3 is 1.14 bits per heavy atom. The molecule has 0 fully saturated rings. The van der Waals surface area contributed by atoms with Gasteiger partial charge in [-0.3, -0.25) is 9.59 Å². The molecule has 0 heterocycles. The first-order valence-corrected chi connectivity index (χ1v) is 9.59. The fourth-order valence-electron chi connectivity index (χ4n) is 1.98. The van der Waals surface area contributed by atoms with Crippen LogP contribution in [0.15, 0.2) is 13.2 Å². The lowest BCUT2D eigenvalue weighted by molar-refractivity contribution is -0.161. The lowest BCUT2D eigenvalue weighted by atomic mass is 9.94. The van der Waals surface area contributed by atoms with Crippen molar-refractivity contribution in [3.05, 3.63) is 13.2 Å². The van der Waals surface area contributed by atoms with Crippen molar-refractivity contribution in [2.24, 2.45) is 0 Å². The summed E-state index contributed by atoms with van der Waals surface area (Å²) in [5.74, 6) is -2.72. The number of rotatable bonds is 12. The largest absolute Gasteiger partial charge is 0.479 e. The number of hydrogen-bond donors (Lipinski definition) is 6. The SMILES string of the molecule is C=C.CCCCC(O)(CC(=O)S)C(=O)O.CCCCC(O)(CC(=O)S)C(=O)O. The molecular weight excluding hydrogens is 408 g/mol. The molecular formula is C18H32O8S2. The van der Waals surface area contributed by atoms with Gasteiger partial charge in [-0.2, -0.15) is 0 Å². The number of thiol groups is 2. The summed E-state index contributed by atoms with van der Waals surface area (Å²) in [6, 6.07) is 0. The Kier molecular flexibility index (Phi) is 18.6. The maximum Gasteiger partial charge on any atom is 0.336 e. The van der Waals surface area contributed by atoms with Crippen molar-refractivity contribution < 1.29 is 39.6 Å². The Labute approximate surface area is 176 Å². The molecule has 28 heavy (non-hydrogen) atoms. The molecule has 0 saturated carbocycles. The highest BCUT2D eigenvalue weighted by molar-refractivity contribution is 7.96. The first-order valence-electron chi connectivity index (χ1n) is 8.69. The predicted molar refractivity (Wildman–Crippen MR) is 113 cm³/mol. The van der Waals surface area contributed by atoms with Crippen LogP contribution in [0.2, 0.25) is 0 Å². The standard InChI is InChI=1S/2C8H14O4S.C2H4/c2*1-2-3-4-8(12,7(10)11)5-6(9)13;1-2/h2*12H,2-5H2,1H3,(H,9,13)(H,10,11);1-2H2. The first kappa shape index (κ1) is 31.3. The number of aliphatic hydroxyl groups is 2. The lowest BCUT2D eigenvalue weighted by Gasteiger charge is -2.21. The molecule has 164 valence electrons. The average molecular weight is 441 g/mol. The maximum atomic E-state index is 10.6. The van der Waals surface area contributed by atoms with E-state index in [9.17, 15) is 29.4 Å². The van der Waals surface area contributed by atoms with Crippen LogP contribution in [0.25, 0.3) is 0 Å². The van der Waals surface area contributed by atoms with E-state index in [1.165, 1.54) is 0 Å². The van der Waals surface area contributed by atoms with Gasteiger partial charge in [0.1, 0.15) is 0 Å². The molecule has 0 aromatic carbocycles. The Balaban J connectivity index is -0.000000410. The topological polar surface area (TPSA) is 149 Å². The van der Waals surface area contributed by atoms with Crippen LogP contribution in [0.4, 0.5) is 0 Å². The third-order valence-electron chi connectivity index (χ3n) is 3.57. The molecule has 0 aliphatic carbocycles. The first-order chi connectivity index (χ1) is 12.8. The minimum atomic E-state index is -1.94. The molecule has 0 aromatic rings.